The van der Waals surface area contributed by atoms with Crippen LogP contribution in [0, 0.1) is 0 Å². The van der Waals surface area contributed by atoms with Gasteiger partial charge >= 0.3 is 5.97 Å². The number of esters is 1. The van der Waals surface area contributed by atoms with Crippen LogP contribution in [-0.4, -0.2) is 30.7 Å². The van der Waals surface area contributed by atoms with Crippen LogP contribution >= 0.6 is 24.4 Å². The highest BCUT2D eigenvalue weighted by atomic mass is 32.2. The largest absolute Gasteiger partial charge is 0.469 e. The van der Waals surface area contributed by atoms with E-state index in [0.29, 0.717) is 24.7 Å². The van der Waals surface area contributed by atoms with Crippen LogP contribution in [0.4, 0.5) is 0 Å². The van der Waals surface area contributed by atoms with Crippen LogP contribution in [0.5, 0.6) is 0 Å². The van der Waals surface area contributed by atoms with Crippen molar-refractivity contribution >= 4 is 30.4 Å². The second-order valence-electron chi connectivity index (χ2n) is 4.43. The van der Waals surface area contributed by atoms with Gasteiger partial charge in [-0.25, -0.2) is 0 Å². The molecule has 0 N–H and O–H groups in total. The Balaban J connectivity index is 2.17. The van der Waals surface area contributed by atoms with E-state index in [1.807, 2.05) is 30.3 Å². The van der Waals surface area contributed by atoms with Gasteiger partial charge in [-0.1, -0.05) is 30.3 Å². The Morgan fingerprint density at radius 2 is 2.26 bits per heavy atom. The number of thiol groups is 1. The minimum Gasteiger partial charge on any atom is -0.469 e. The van der Waals surface area contributed by atoms with Crippen LogP contribution in [-0.2, 0) is 19.2 Å². The Hall–Kier alpha value is -0.650. The topological polar surface area (TPSA) is 35.5 Å². The van der Waals surface area contributed by atoms with Crippen LogP contribution in [0.15, 0.2) is 30.3 Å². The van der Waals surface area contributed by atoms with Crippen molar-refractivity contribution in [2.24, 2.45) is 0 Å². The minimum absolute atomic E-state index is 0.200. The maximum Gasteiger partial charge on any atom is 0.305 e. The zero-order valence-electron chi connectivity index (χ0n) is 10.9. The lowest BCUT2D eigenvalue weighted by Gasteiger charge is -2.28. The van der Waals surface area contributed by atoms with Gasteiger partial charge in [-0.3, -0.25) is 4.79 Å². The third kappa shape index (κ3) is 3.46. The van der Waals surface area contributed by atoms with E-state index in [4.69, 9.17) is 9.47 Å². The Kier molecular flexibility index (Phi) is 5.19. The first kappa shape index (κ1) is 14.8. The fourth-order valence-electron chi connectivity index (χ4n) is 2.14. The molecule has 1 saturated heterocycles. The Labute approximate surface area is 123 Å². The van der Waals surface area contributed by atoms with Crippen molar-refractivity contribution in [1.29, 1.82) is 0 Å². The van der Waals surface area contributed by atoms with Crippen molar-refractivity contribution in [1.82, 2.24) is 0 Å². The van der Waals surface area contributed by atoms with Crippen LogP contribution in [0.1, 0.15) is 18.4 Å². The zero-order chi connectivity index (χ0) is 13.7. The molecule has 0 radical (unpaired) electrons. The van der Waals surface area contributed by atoms with E-state index < -0.39 is 4.93 Å². The lowest BCUT2D eigenvalue weighted by atomic mass is 10.0. The fraction of sp³-hybridized carbons (Fsp3) is 0.500. The van der Waals surface area contributed by atoms with E-state index in [0.717, 1.165) is 11.3 Å². The van der Waals surface area contributed by atoms with Crippen LogP contribution in [0.25, 0.3) is 0 Å². The molecule has 2 atom stereocenters. The van der Waals surface area contributed by atoms with Crippen LogP contribution < -0.4 is 0 Å². The van der Waals surface area contributed by atoms with Gasteiger partial charge in [0.25, 0.3) is 0 Å². The van der Waals surface area contributed by atoms with Crippen molar-refractivity contribution in [2.45, 2.75) is 23.0 Å². The first-order valence-corrected chi connectivity index (χ1v) is 7.76. The fourth-order valence-corrected chi connectivity index (χ4v) is 3.85. The summed E-state index contributed by atoms with van der Waals surface area (Å²) in [6, 6.07) is 10.1. The molecule has 5 heteroatoms. The molecule has 0 aromatic heterocycles. The highest BCUT2D eigenvalue weighted by Crippen LogP contribution is 2.49. The molecular weight excluding hydrogens is 280 g/mol. The van der Waals surface area contributed by atoms with Gasteiger partial charge in [-0.2, -0.15) is 12.6 Å². The number of benzene rings is 1. The molecule has 0 saturated carbocycles. The van der Waals surface area contributed by atoms with E-state index in [-0.39, 0.29) is 5.97 Å². The molecule has 0 amide bonds. The summed E-state index contributed by atoms with van der Waals surface area (Å²) >= 11 is 6.10. The predicted molar refractivity (Wildman–Crippen MR) is 80.6 cm³/mol. The number of ether oxygens (including phenoxy) is 2. The van der Waals surface area contributed by atoms with E-state index in [1.165, 1.54) is 7.11 Å². The zero-order valence-corrected chi connectivity index (χ0v) is 12.6. The third-order valence-corrected chi connectivity index (χ3v) is 5.42. The lowest BCUT2D eigenvalue weighted by molar-refractivity contribution is -0.141. The molecule has 0 bridgehead atoms. The number of carbonyl (C=O) groups is 1. The lowest BCUT2D eigenvalue weighted by Crippen LogP contribution is -2.23. The summed E-state index contributed by atoms with van der Waals surface area (Å²) in [5.41, 5.74) is 1.10. The molecule has 1 heterocycles. The molecule has 2 unspecified atom stereocenters. The molecule has 1 aromatic carbocycles. The summed E-state index contributed by atoms with van der Waals surface area (Å²) in [5, 5.41) is 0.362. The van der Waals surface area contributed by atoms with Crippen LogP contribution in [0.3, 0.4) is 0 Å². The molecule has 19 heavy (non-hydrogen) atoms. The maximum absolute atomic E-state index is 11.4. The van der Waals surface area contributed by atoms with Gasteiger partial charge in [0.15, 0.2) is 0 Å². The Bertz CT molecular complexity index is 424. The highest BCUT2D eigenvalue weighted by molar-refractivity contribution is 8.01. The quantitative estimate of drug-likeness (QED) is 0.670. The summed E-state index contributed by atoms with van der Waals surface area (Å²) in [4.78, 5) is 10.9. The molecule has 2 rings (SSSR count). The number of methoxy groups -OCH3 is 1. The van der Waals surface area contributed by atoms with Gasteiger partial charge in [0.2, 0.25) is 0 Å². The molecule has 1 aliphatic heterocycles. The second-order valence-corrected chi connectivity index (χ2v) is 6.36. The van der Waals surface area contributed by atoms with Gasteiger partial charge in [-0.05, 0) is 5.56 Å². The summed E-state index contributed by atoms with van der Waals surface area (Å²) in [6.07, 6.45) is 0.982. The van der Waals surface area contributed by atoms with Crippen LogP contribution in [0.2, 0.25) is 0 Å². The average molecular weight is 298 g/mol. The number of carbonyl (C=O) groups excluding carboxylic acids is 1. The molecular formula is C14H18O3S2. The number of thioether (sulfide) groups is 1. The van der Waals surface area contributed by atoms with Gasteiger partial charge in [0, 0.05) is 23.8 Å². The summed E-state index contributed by atoms with van der Waals surface area (Å²) < 4.78 is 10.8. The van der Waals surface area contributed by atoms with Crippen molar-refractivity contribution in [3.8, 4) is 0 Å². The first-order valence-electron chi connectivity index (χ1n) is 6.25. The average Bonchev–Trinajstić information content (AvgIpc) is 2.90. The maximum atomic E-state index is 11.4. The number of rotatable bonds is 5. The van der Waals surface area contributed by atoms with E-state index >= 15 is 0 Å². The van der Waals surface area contributed by atoms with Gasteiger partial charge in [0.1, 0.15) is 4.93 Å². The van der Waals surface area contributed by atoms with Crippen molar-refractivity contribution in [3.05, 3.63) is 35.9 Å². The molecule has 1 aliphatic rings. The Morgan fingerprint density at radius 3 is 2.84 bits per heavy atom. The SMILES string of the molecule is COC(=O)CCC1(c2ccccc2)OCC(CS)S1. The smallest absolute Gasteiger partial charge is 0.305 e. The minimum atomic E-state index is -0.442. The molecule has 104 valence electrons. The standard InChI is InChI=1S/C14H18O3S2/c1-16-13(15)7-8-14(11-5-3-2-4-6-11)17-9-12(10-18)19-14/h2-6,12,18H,7-10H2,1H3. The monoisotopic (exact) mass is 298 g/mol. The second kappa shape index (κ2) is 6.68. The first-order chi connectivity index (χ1) is 9.20. The normalized spacial score (nSPS) is 26.3. The van der Waals surface area contributed by atoms with E-state index in [9.17, 15) is 4.79 Å². The van der Waals surface area contributed by atoms with Crippen molar-refractivity contribution < 1.29 is 14.3 Å². The highest BCUT2D eigenvalue weighted by Gasteiger charge is 2.42. The van der Waals surface area contributed by atoms with E-state index in [2.05, 4.69) is 12.6 Å². The summed E-state index contributed by atoms with van der Waals surface area (Å²) in [6.45, 7) is 0.671. The molecule has 3 nitrogen and oxygen atoms in total. The van der Waals surface area contributed by atoms with Gasteiger partial charge in [0.05, 0.1) is 13.7 Å². The van der Waals surface area contributed by atoms with Gasteiger partial charge in [-0.15, -0.1) is 11.8 Å². The molecule has 0 aliphatic carbocycles. The van der Waals surface area contributed by atoms with E-state index in [1.54, 1.807) is 11.8 Å². The summed E-state index contributed by atoms with van der Waals surface area (Å²) in [5.74, 6) is 0.575. The molecule has 1 aromatic rings. The Morgan fingerprint density at radius 1 is 1.53 bits per heavy atom. The molecule has 0 spiro atoms. The van der Waals surface area contributed by atoms with Crippen molar-refractivity contribution in [2.75, 3.05) is 19.5 Å². The van der Waals surface area contributed by atoms with Crippen molar-refractivity contribution in [3.63, 3.8) is 0 Å². The summed E-state index contributed by atoms with van der Waals surface area (Å²) in [7, 11) is 1.41. The number of hydrogen-bond donors (Lipinski definition) is 1. The third-order valence-electron chi connectivity index (χ3n) is 3.16. The van der Waals surface area contributed by atoms with Gasteiger partial charge < -0.3 is 9.47 Å². The number of hydrogen-bond acceptors (Lipinski definition) is 5. The predicted octanol–water partition coefficient (Wildman–Crippen LogP) is 2.85. The molecule has 1 fully saturated rings.